The minimum Gasteiger partial charge on any atom is -0.459 e. The fraction of sp³-hybridized carbons (Fsp3) is 0.273. The highest BCUT2D eigenvalue weighted by Crippen LogP contribution is 2.22. The zero-order chi connectivity index (χ0) is 21.0. The number of benzene rings is 1. The quantitative estimate of drug-likeness (QED) is 0.604. The van der Waals surface area contributed by atoms with Crippen LogP contribution in [0.3, 0.4) is 0 Å². The number of sulfone groups is 1. The molecule has 3 heterocycles. The van der Waals surface area contributed by atoms with Gasteiger partial charge < -0.3 is 9.32 Å². The Hall–Kier alpha value is -2.97. The van der Waals surface area contributed by atoms with Gasteiger partial charge in [-0.05, 0) is 29.8 Å². The van der Waals surface area contributed by atoms with Gasteiger partial charge in [0, 0.05) is 50.7 Å². The van der Waals surface area contributed by atoms with Crippen molar-refractivity contribution in [1.82, 2.24) is 14.8 Å². The van der Waals surface area contributed by atoms with Gasteiger partial charge in [0.15, 0.2) is 15.6 Å². The van der Waals surface area contributed by atoms with E-state index in [0.717, 1.165) is 25.2 Å². The van der Waals surface area contributed by atoms with E-state index in [-0.39, 0.29) is 22.3 Å². The van der Waals surface area contributed by atoms with Crippen molar-refractivity contribution >= 4 is 15.7 Å². The van der Waals surface area contributed by atoms with Gasteiger partial charge in [-0.1, -0.05) is 24.3 Å². The van der Waals surface area contributed by atoms with Crippen LogP contribution in [-0.4, -0.2) is 55.3 Å². The van der Waals surface area contributed by atoms with Crippen molar-refractivity contribution in [3.8, 4) is 0 Å². The van der Waals surface area contributed by atoms with Crippen LogP contribution in [0.15, 0.2) is 76.5 Å². The SMILES string of the molecule is O=C(c1occc1CS(=O)(=O)c1ccccc1)N1CCN(Cc2cccnc2)CC1. The molecule has 0 saturated carbocycles. The fourth-order valence-corrected chi connectivity index (χ4v) is 4.93. The molecule has 7 nitrogen and oxygen atoms in total. The number of pyridine rings is 1. The molecule has 0 atom stereocenters. The molecule has 4 rings (SSSR count). The maximum Gasteiger partial charge on any atom is 0.289 e. The Balaban J connectivity index is 1.40. The summed E-state index contributed by atoms with van der Waals surface area (Å²) in [4.78, 5) is 21.3. The van der Waals surface area contributed by atoms with Crippen molar-refractivity contribution < 1.29 is 17.6 Å². The molecule has 2 aromatic heterocycles. The molecule has 1 aliphatic heterocycles. The van der Waals surface area contributed by atoms with Gasteiger partial charge in [0.25, 0.3) is 5.91 Å². The fourth-order valence-electron chi connectivity index (χ4n) is 3.56. The van der Waals surface area contributed by atoms with E-state index >= 15 is 0 Å². The maximum atomic E-state index is 13.0. The lowest BCUT2D eigenvalue weighted by Crippen LogP contribution is -2.48. The Kier molecular flexibility index (Phi) is 5.96. The molecule has 0 bridgehead atoms. The van der Waals surface area contributed by atoms with Gasteiger partial charge in [-0.25, -0.2) is 8.42 Å². The second-order valence-electron chi connectivity index (χ2n) is 7.28. The van der Waals surface area contributed by atoms with E-state index in [2.05, 4.69) is 9.88 Å². The van der Waals surface area contributed by atoms with Gasteiger partial charge in [0.2, 0.25) is 0 Å². The topological polar surface area (TPSA) is 83.7 Å². The van der Waals surface area contributed by atoms with Crippen LogP contribution in [-0.2, 0) is 22.1 Å². The smallest absolute Gasteiger partial charge is 0.289 e. The van der Waals surface area contributed by atoms with Crippen LogP contribution < -0.4 is 0 Å². The van der Waals surface area contributed by atoms with Gasteiger partial charge in [0.1, 0.15) is 0 Å². The third-order valence-corrected chi connectivity index (χ3v) is 6.86. The maximum absolute atomic E-state index is 13.0. The van der Waals surface area contributed by atoms with Crippen LogP contribution in [0.25, 0.3) is 0 Å². The molecular formula is C22H23N3O4S. The van der Waals surface area contributed by atoms with Crippen molar-refractivity contribution in [2.45, 2.75) is 17.2 Å². The van der Waals surface area contributed by atoms with Gasteiger partial charge >= 0.3 is 0 Å². The molecule has 1 aliphatic rings. The number of aromatic nitrogens is 1. The average Bonchev–Trinajstić information content (AvgIpc) is 3.22. The molecule has 1 fully saturated rings. The summed E-state index contributed by atoms with van der Waals surface area (Å²) in [6, 6.07) is 13.7. The molecule has 156 valence electrons. The summed E-state index contributed by atoms with van der Waals surface area (Å²) in [5, 5.41) is 0. The molecule has 0 radical (unpaired) electrons. The molecule has 0 aliphatic carbocycles. The number of amides is 1. The number of nitrogens with zero attached hydrogens (tertiary/aromatic N) is 3. The summed E-state index contributed by atoms with van der Waals surface area (Å²) >= 11 is 0. The number of rotatable bonds is 6. The number of hydrogen-bond acceptors (Lipinski definition) is 6. The zero-order valence-corrected chi connectivity index (χ0v) is 17.3. The molecule has 8 heteroatoms. The second kappa shape index (κ2) is 8.81. The summed E-state index contributed by atoms with van der Waals surface area (Å²) in [6.07, 6.45) is 4.97. The Morgan fingerprint density at radius 1 is 1.00 bits per heavy atom. The van der Waals surface area contributed by atoms with Crippen LogP contribution in [0.4, 0.5) is 0 Å². The summed E-state index contributed by atoms with van der Waals surface area (Å²) in [5.41, 5.74) is 1.53. The summed E-state index contributed by atoms with van der Waals surface area (Å²) in [6.45, 7) is 3.38. The van der Waals surface area contributed by atoms with Crippen molar-refractivity contribution in [1.29, 1.82) is 0 Å². The first-order chi connectivity index (χ1) is 14.5. The molecule has 30 heavy (non-hydrogen) atoms. The van der Waals surface area contributed by atoms with Crippen molar-refractivity contribution in [2.75, 3.05) is 26.2 Å². The monoisotopic (exact) mass is 425 g/mol. The number of hydrogen-bond donors (Lipinski definition) is 0. The van der Waals surface area contributed by atoms with Crippen molar-refractivity contribution in [3.05, 3.63) is 84.1 Å². The minimum atomic E-state index is -3.56. The first-order valence-electron chi connectivity index (χ1n) is 9.78. The molecule has 0 spiro atoms. The molecule has 1 amide bonds. The standard InChI is InChI=1S/C22H23N3O4S/c26-22(25-12-10-24(11-13-25)16-18-5-4-9-23-15-18)21-19(8-14-29-21)17-30(27,28)20-6-2-1-3-7-20/h1-9,14-15H,10-13,16-17H2. The molecule has 1 saturated heterocycles. The Bertz CT molecular complexity index is 1090. The van der Waals surface area contributed by atoms with Gasteiger partial charge in [0.05, 0.1) is 16.9 Å². The predicted molar refractivity (Wildman–Crippen MR) is 111 cm³/mol. The first kappa shape index (κ1) is 20.3. The van der Waals surface area contributed by atoms with E-state index in [1.165, 1.54) is 6.26 Å². The minimum absolute atomic E-state index is 0.107. The lowest BCUT2D eigenvalue weighted by molar-refractivity contribution is 0.0596. The van der Waals surface area contributed by atoms with Crippen molar-refractivity contribution in [3.63, 3.8) is 0 Å². The third-order valence-electron chi connectivity index (χ3n) is 5.18. The number of carbonyl (C=O) groups is 1. The normalized spacial score (nSPS) is 15.3. The van der Waals surface area contributed by atoms with Gasteiger partial charge in [-0.15, -0.1) is 0 Å². The zero-order valence-electron chi connectivity index (χ0n) is 16.5. The van der Waals surface area contributed by atoms with Gasteiger partial charge in [-0.2, -0.15) is 0 Å². The summed E-state index contributed by atoms with van der Waals surface area (Å²) in [7, 11) is -3.56. The Morgan fingerprint density at radius 2 is 1.77 bits per heavy atom. The van der Waals surface area contributed by atoms with Crippen LogP contribution >= 0.6 is 0 Å². The van der Waals surface area contributed by atoms with Crippen LogP contribution in [0.2, 0.25) is 0 Å². The van der Waals surface area contributed by atoms with Gasteiger partial charge in [-0.3, -0.25) is 14.7 Å². The predicted octanol–water partition coefficient (Wildman–Crippen LogP) is 2.61. The van der Waals surface area contributed by atoms with E-state index in [1.54, 1.807) is 47.5 Å². The number of carbonyl (C=O) groups excluding carboxylic acids is 1. The molecule has 0 unspecified atom stereocenters. The van der Waals surface area contributed by atoms with Crippen LogP contribution in [0.5, 0.6) is 0 Å². The highest BCUT2D eigenvalue weighted by atomic mass is 32.2. The first-order valence-corrected chi connectivity index (χ1v) is 11.4. The highest BCUT2D eigenvalue weighted by molar-refractivity contribution is 7.90. The molecular weight excluding hydrogens is 402 g/mol. The van der Waals surface area contributed by atoms with Crippen LogP contribution in [0.1, 0.15) is 21.7 Å². The lowest BCUT2D eigenvalue weighted by atomic mass is 10.2. The summed E-state index contributed by atoms with van der Waals surface area (Å²) in [5.74, 6) is -0.426. The van der Waals surface area contributed by atoms with E-state index in [9.17, 15) is 13.2 Å². The second-order valence-corrected chi connectivity index (χ2v) is 9.27. The number of furan rings is 1. The highest BCUT2D eigenvalue weighted by Gasteiger charge is 2.28. The third kappa shape index (κ3) is 4.60. The van der Waals surface area contributed by atoms with Crippen LogP contribution in [0, 0.1) is 0 Å². The molecule has 0 N–H and O–H groups in total. The van der Waals surface area contributed by atoms with E-state index in [4.69, 9.17) is 4.42 Å². The number of piperazine rings is 1. The lowest BCUT2D eigenvalue weighted by Gasteiger charge is -2.34. The van der Waals surface area contributed by atoms with E-state index in [0.29, 0.717) is 18.7 Å². The summed E-state index contributed by atoms with van der Waals surface area (Å²) < 4.78 is 30.8. The van der Waals surface area contributed by atoms with E-state index in [1.807, 2.05) is 18.3 Å². The molecule has 3 aromatic rings. The van der Waals surface area contributed by atoms with E-state index < -0.39 is 9.84 Å². The largest absolute Gasteiger partial charge is 0.459 e. The average molecular weight is 426 g/mol. The van der Waals surface area contributed by atoms with Crippen molar-refractivity contribution in [2.24, 2.45) is 0 Å². The Morgan fingerprint density at radius 3 is 2.47 bits per heavy atom. The molecule has 1 aromatic carbocycles. The Labute approximate surface area is 175 Å².